The first-order valence-corrected chi connectivity index (χ1v) is 7.32. The number of nitrogens with one attached hydrogen (secondary N) is 2. The van der Waals surface area contributed by atoms with Gasteiger partial charge in [-0.2, -0.15) is 0 Å². The molecule has 6 heteroatoms. The minimum absolute atomic E-state index is 0.102. The number of aromatic nitrogens is 2. The van der Waals surface area contributed by atoms with Gasteiger partial charge in [0.05, 0.1) is 17.5 Å². The van der Waals surface area contributed by atoms with Crippen molar-refractivity contribution in [2.45, 2.75) is 13.0 Å². The Morgan fingerprint density at radius 2 is 1.96 bits per heavy atom. The van der Waals surface area contributed by atoms with Gasteiger partial charge in [-0.15, -0.1) is 0 Å². The van der Waals surface area contributed by atoms with Crippen LogP contribution in [-0.2, 0) is 17.8 Å². The van der Waals surface area contributed by atoms with Crippen LogP contribution < -0.4 is 11.0 Å². The molecule has 1 aromatic heterocycles. The Labute approximate surface area is 131 Å². The largest absolute Gasteiger partial charge is 0.354 e. The summed E-state index contributed by atoms with van der Waals surface area (Å²) < 4.78 is 14.6. The number of imidazole rings is 1. The Hall–Kier alpha value is -2.89. The molecule has 0 aliphatic heterocycles. The van der Waals surface area contributed by atoms with Gasteiger partial charge in [0.1, 0.15) is 5.82 Å². The minimum Gasteiger partial charge on any atom is -0.354 e. The zero-order valence-corrected chi connectivity index (χ0v) is 12.4. The van der Waals surface area contributed by atoms with Gasteiger partial charge in [-0.3, -0.25) is 9.36 Å². The first-order valence-electron chi connectivity index (χ1n) is 7.32. The highest BCUT2D eigenvalue weighted by Crippen LogP contribution is 2.11. The van der Waals surface area contributed by atoms with E-state index in [1.807, 2.05) is 30.3 Å². The molecule has 5 nitrogen and oxygen atoms in total. The van der Waals surface area contributed by atoms with Crippen molar-refractivity contribution in [3.63, 3.8) is 0 Å². The summed E-state index contributed by atoms with van der Waals surface area (Å²) in [4.78, 5) is 26.4. The van der Waals surface area contributed by atoms with Gasteiger partial charge in [0, 0.05) is 13.1 Å². The van der Waals surface area contributed by atoms with Crippen LogP contribution in [0, 0.1) is 5.82 Å². The Kier molecular flexibility index (Phi) is 4.23. The molecule has 0 spiro atoms. The number of nitrogens with zero attached hydrogens (tertiary/aromatic N) is 1. The molecule has 3 aromatic rings. The van der Waals surface area contributed by atoms with E-state index < -0.39 is 5.82 Å². The summed E-state index contributed by atoms with van der Waals surface area (Å²) >= 11 is 0. The van der Waals surface area contributed by atoms with E-state index in [1.54, 1.807) is 6.07 Å². The van der Waals surface area contributed by atoms with E-state index in [0.717, 1.165) is 5.56 Å². The van der Waals surface area contributed by atoms with Crippen molar-refractivity contribution in [3.8, 4) is 0 Å². The molecule has 2 N–H and O–H groups in total. The van der Waals surface area contributed by atoms with Crippen LogP contribution in [0.1, 0.15) is 5.56 Å². The highest BCUT2D eigenvalue weighted by molar-refractivity contribution is 5.78. The number of H-pyrrole nitrogens is 1. The molecule has 0 fully saturated rings. The highest BCUT2D eigenvalue weighted by Gasteiger charge is 2.08. The number of amides is 1. The van der Waals surface area contributed by atoms with Crippen molar-refractivity contribution in [2.75, 3.05) is 6.54 Å². The van der Waals surface area contributed by atoms with Gasteiger partial charge in [-0.1, -0.05) is 30.3 Å². The fourth-order valence-corrected chi connectivity index (χ4v) is 2.51. The van der Waals surface area contributed by atoms with Crippen LogP contribution in [0.4, 0.5) is 4.39 Å². The lowest BCUT2D eigenvalue weighted by molar-refractivity contribution is -0.120. The molecule has 0 aliphatic carbocycles. The van der Waals surface area contributed by atoms with Crippen LogP contribution in [0.5, 0.6) is 0 Å². The third kappa shape index (κ3) is 3.48. The lowest BCUT2D eigenvalue weighted by Crippen LogP contribution is -2.31. The van der Waals surface area contributed by atoms with Gasteiger partial charge in [-0.05, 0) is 23.8 Å². The number of rotatable bonds is 5. The molecule has 2 aromatic carbocycles. The van der Waals surface area contributed by atoms with Crippen LogP contribution >= 0.6 is 0 Å². The number of fused-ring (bicyclic) bond motifs is 1. The van der Waals surface area contributed by atoms with Gasteiger partial charge in [-0.25, -0.2) is 9.18 Å². The summed E-state index contributed by atoms with van der Waals surface area (Å²) in [6.07, 6.45) is 0.300. The molecule has 0 atom stereocenters. The zero-order valence-electron chi connectivity index (χ0n) is 12.4. The Balaban J connectivity index is 1.62. The summed E-state index contributed by atoms with van der Waals surface area (Å²) in [6.45, 7) is 0.654. The number of carbonyl (C=O) groups is 1. The summed E-state index contributed by atoms with van der Waals surface area (Å²) in [5, 5.41) is 2.79. The molecule has 0 radical (unpaired) electrons. The molecule has 3 rings (SSSR count). The molecule has 0 saturated heterocycles. The summed E-state index contributed by atoms with van der Waals surface area (Å²) in [6, 6.07) is 13.6. The number of hydrogen-bond acceptors (Lipinski definition) is 2. The second kappa shape index (κ2) is 6.48. The normalized spacial score (nSPS) is 10.8. The average Bonchev–Trinajstić information content (AvgIpc) is 2.83. The quantitative estimate of drug-likeness (QED) is 0.754. The third-order valence-corrected chi connectivity index (χ3v) is 3.60. The molecular weight excluding hydrogens is 297 g/mol. The number of aromatic amines is 1. The molecule has 0 saturated carbocycles. The van der Waals surface area contributed by atoms with E-state index in [1.165, 1.54) is 16.7 Å². The molecule has 1 heterocycles. The van der Waals surface area contributed by atoms with Crippen molar-refractivity contribution in [3.05, 3.63) is 70.4 Å². The van der Waals surface area contributed by atoms with Crippen molar-refractivity contribution < 1.29 is 9.18 Å². The minimum atomic E-state index is -0.401. The molecule has 0 bridgehead atoms. The number of carbonyl (C=O) groups excluding carboxylic acids is 1. The first kappa shape index (κ1) is 15.0. The zero-order chi connectivity index (χ0) is 16.2. The molecule has 1 amide bonds. The van der Waals surface area contributed by atoms with Crippen LogP contribution in [0.3, 0.4) is 0 Å². The van der Waals surface area contributed by atoms with Gasteiger partial charge in [0.15, 0.2) is 0 Å². The average molecular weight is 313 g/mol. The van der Waals surface area contributed by atoms with E-state index in [-0.39, 0.29) is 11.6 Å². The van der Waals surface area contributed by atoms with Crippen molar-refractivity contribution in [1.82, 2.24) is 14.9 Å². The second-order valence-electron chi connectivity index (χ2n) is 5.26. The monoisotopic (exact) mass is 313 g/mol. The smallest absolute Gasteiger partial charge is 0.326 e. The van der Waals surface area contributed by atoms with E-state index in [2.05, 4.69) is 10.3 Å². The van der Waals surface area contributed by atoms with Crippen molar-refractivity contribution in [1.29, 1.82) is 0 Å². The molecule has 118 valence electrons. The Bertz CT molecular complexity index is 884. The first-order chi connectivity index (χ1) is 11.1. The van der Waals surface area contributed by atoms with Crippen molar-refractivity contribution in [2.24, 2.45) is 0 Å². The van der Waals surface area contributed by atoms with Crippen LogP contribution in [0.2, 0.25) is 0 Å². The van der Waals surface area contributed by atoms with Gasteiger partial charge >= 0.3 is 5.69 Å². The van der Waals surface area contributed by atoms with E-state index in [4.69, 9.17) is 0 Å². The molecule has 23 heavy (non-hydrogen) atoms. The number of hydrogen-bond donors (Lipinski definition) is 2. The van der Waals surface area contributed by atoms with Crippen LogP contribution in [0.25, 0.3) is 11.0 Å². The molecule has 0 unspecified atom stereocenters. The second-order valence-corrected chi connectivity index (χ2v) is 5.26. The lowest BCUT2D eigenvalue weighted by Gasteiger charge is -2.06. The van der Waals surface area contributed by atoms with E-state index in [0.29, 0.717) is 30.5 Å². The topological polar surface area (TPSA) is 66.9 Å². The highest BCUT2D eigenvalue weighted by atomic mass is 19.1. The standard InChI is InChI=1S/C17H16FN3O2/c18-13-6-7-15-14(11-13)20-17(23)21(15)9-8-19-16(22)10-12-4-2-1-3-5-12/h1-7,11H,8-10H2,(H,19,22)(H,20,23). The fourth-order valence-electron chi connectivity index (χ4n) is 2.51. The lowest BCUT2D eigenvalue weighted by atomic mass is 10.1. The van der Waals surface area contributed by atoms with Crippen LogP contribution in [-0.4, -0.2) is 22.0 Å². The Morgan fingerprint density at radius 3 is 2.74 bits per heavy atom. The van der Waals surface area contributed by atoms with Gasteiger partial charge in [0.2, 0.25) is 5.91 Å². The summed E-state index contributed by atoms with van der Waals surface area (Å²) in [5.41, 5.74) is 1.69. The number of halogens is 1. The van der Waals surface area contributed by atoms with E-state index in [9.17, 15) is 14.0 Å². The molecule has 0 aliphatic rings. The third-order valence-electron chi connectivity index (χ3n) is 3.60. The Morgan fingerprint density at radius 1 is 1.17 bits per heavy atom. The van der Waals surface area contributed by atoms with Crippen molar-refractivity contribution >= 4 is 16.9 Å². The maximum atomic E-state index is 13.2. The number of benzene rings is 2. The summed E-state index contributed by atoms with van der Waals surface area (Å²) in [7, 11) is 0. The van der Waals surface area contributed by atoms with Crippen LogP contribution in [0.15, 0.2) is 53.3 Å². The van der Waals surface area contributed by atoms with Gasteiger partial charge < -0.3 is 10.3 Å². The maximum absolute atomic E-state index is 13.2. The van der Waals surface area contributed by atoms with Gasteiger partial charge in [0.25, 0.3) is 0 Å². The predicted octanol–water partition coefficient (Wildman–Crippen LogP) is 1.83. The van der Waals surface area contributed by atoms with E-state index >= 15 is 0 Å². The predicted molar refractivity (Wildman–Crippen MR) is 85.7 cm³/mol. The molecular formula is C17H16FN3O2. The fraction of sp³-hybridized carbons (Fsp3) is 0.176. The SMILES string of the molecule is O=C(Cc1ccccc1)NCCn1c(=O)[nH]c2cc(F)ccc21. The summed E-state index contributed by atoms with van der Waals surface area (Å²) in [5.74, 6) is -0.503. The maximum Gasteiger partial charge on any atom is 0.326 e.